The fourth-order valence-corrected chi connectivity index (χ4v) is 8.28. The number of aliphatic carboxylic acids is 1. The topological polar surface area (TPSA) is 188 Å². The Hall–Kier alpha value is -7.61. The third-order valence-corrected chi connectivity index (χ3v) is 11.6. The molecule has 0 saturated carbocycles. The molecular weight excluding hydrogens is 863 g/mol. The van der Waals surface area contributed by atoms with Crippen molar-refractivity contribution in [1.82, 2.24) is 24.8 Å². The molecule has 14 nitrogen and oxygen atoms in total. The Labute approximate surface area is 396 Å². The van der Waals surface area contributed by atoms with Crippen molar-refractivity contribution in [3.05, 3.63) is 183 Å². The normalized spacial score (nSPS) is 13.4. The van der Waals surface area contributed by atoms with E-state index < -0.39 is 65.8 Å². The summed E-state index contributed by atoms with van der Waals surface area (Å²) in [7, 11) is 0. The number of pyridine rings is 3. The minimum absolute atomic E-state index is 0.0321. The highest BCUT2D eigenvalue weighted by Crippen LogP contribution is 2.31. The van der Waals surface area contributed by atoms with Crippen molar-refractivity contribution in [2.75, 3.05) is 6.61 Å². The highest BCUT2D eigenvalue weighted by molar-refractivity contribution is 5.83. The van der Waals surface area contributed by atoms with Crippen LogP contribution in [0.2, 0.25) is 0 Å². The first-order valence-electron chi connectivity index (χ1n) is 22.7. The van der Waals surface area contributed by atoms with Gasteiger partial charge in [0, 0.05) is 42.5 Å². The van der Waals surface area contributed by atoms with Crippen molar-refractivity contribution in [1.29, 1.82) is 0 Å². The van der Waals surface area contributed by atoms with Gasteiger partial charge < -0.3 is 34.3 Å². The highest BCUT2D eigenvalue weighted by atomic mass is 16.5. The summed E-state index contributed by atoms with van der Waals surface area (Å²) in [5, 5.41) is 15.9. The summed E-state index contributed by atoms with van der Waals surface area (Å²) >= 11 is 0. The molecule has 3 N–H and O–H groups in total. The number of nitrogens with one attached hydrogen (secondary N) is 2. The lowest BCUT2D eigenvalue weighted by Crippen LogP contribution is -2.40. The summed E-state index contributed by atoms with van der Waals surface area (Å²) < 4.78 is 14.6. The van der Waals surface area contributed by atoms with Crippen molar-refractivity contribution in [3.63, 3.8) is 0 Å². The number of amides is 2. The quantitative estimate of drug-likeness (QED) is 0.0589. The third-order valence-electron chi connectivity index (χ3n) is 11.6. The largest absolute Gasteiger partial charge is 0.481 e. The van der Waals surface area contributed by atoms with Crippen LogP contribution in [-0.4, -0.2) is 49.6 Å². The maximum Gasteiger partial charge on any atom is 0.308 e. The number of hydrogen-bond acceptors (Lipinski definition) is 9. The fourth-order valence-electron chi connectivity index (χ4n) is 8.28. The molecule has 0 fully saturated rings. The van der Waals surface area contributed by atoms with E-state index in [9.17, 15) is 33.9 Å². The number of para-hydroxylation sites is 1. The molecule has 6 aromatic rings. The molecule has 5 atom stereocenters. The van der Waals surface area contributed by atoms with Crippen molar-refractivity contribution in [2.24, 2.45) is 11.8 Å². The summed E-state index contributed by atoms with van der Waals surface area (Å²) in [5.74, 6) is -2.25. The lowest BCUT2D eigenvalue weighted by Gasteiger charge is -2.26. The van der Waals surface area contributed by atoms with E-state index in [-0.39, 0.29) is 30.9 Å². The zero-order valence-electron chi connectivity index (χ0n) is 39.3. The number of rotatable bonds is 21. The van der Waals surface area contributed by atoms with Crippen LogP contribution in [0.4, 0.5) is 0 Å². The molecule has 6 rings (SSSR count). The molecule has 354 valence electrons. The molecular formula is C54H59N5O9. The molecule has 14 heteroatoms. The van der Waals surface area contributed by atoms with Gasteiger partial charge in [-0.05, 0) is 121 Å². The van der Waals surface area contributed by atoms with E-state index in [1.54, 1.807) is 80.8 Å². The molecule has 0 aliphatic carbocycles. The van der Waals surface area contributed by atoms with E-state index in [0.717, 1.165) is 22.3 Å². The minimum Gasteiger partial charge on any atom is -0.481 e. The van der Waals surface area contributed by atoms with Crippen LogP contribution in [0.1, 0.15) is 98.4 Å². The lowest BCUT2D eigenvalue weighted by atomic mass is 9.94. The first-order chi connectivity index (χ1) is 32.6. The summed E-state index contributed by atoms with van der Waals surface area (Å²) in [6.45, 7) is 11.2. The number of aromatic nitrogens is 3. The van der Waals surface area contributed by atoms with Crippen molar-refractivity contribution < 1.29 is 33.8 Å². The lowest BCUT2D eigenvalue weighted by molar-refractivity contribution is -0.146. The van der Waals surface area contributed by atoms with Gasteiger partial charge in [0.05, 0.1) is 31.5 Å². The van der Waals surface area contributed by atoms with Crippen molar-refractivity contribution >= 4 is 23.8 Å². The second-order valence-corrected chi connectivity index (χ2v) is 17.8. The Bertz CT molecular complexity index is 2820. The van der Waals surface area contributed by atoms with Crippen LogP contribution >= 0.6 is 0 Å². The Morgan fingerprint density at radius 1 is 0.647 bits per heavy atom. The number of carboxylic acids is 1. The SMILES string of the molecule is Cc1ccn([C@@H](CC(C)COC(=O)C[C@H](NC(=O)C(CC(C)C)n2ccccc2=O)c2cccc(Oc3ccccc3)c2)C(=O)N[C@@H](CC(=O)O)c2cncc(-c3c(C)cccc3C)c2)c(=O)c1. The Morgan fingerprint density at radius 3 is 1.94 bits per heavy atom. The molecule has 0 aliphatic rings. The highest BCUT2D eigenvalue weighted by Gasteiger charge is 2.30. The van der Waals surface area contributed by atoms with Crippen molar-refractivity contribution in [2.45, 2.75) is 91.4 Å². The van der Waals surface area contributed by atoms with E-state index in [1.165, 1.54) is 33.7 Å². The molecule has 0 aliphatic heterocycles. The molecule has 0 spiro atoms. The number of ether oxygens (including phenoxy) is 2. The van der Waals surface area contributed by atoms with Gasteiger partial charge in [-0.1, -0.05) is 75.4 Å². The van der Waals surface area contributed by atoms with E-state index in [0.29, 0.717) is 34.6 Å². The van der Waals surface area contributed by atoms with E-state index >= 15 is 0 Å². The zero-order chi connectivity index (χ0) is 48.9. The van der Waals surface area contributed by atoms with Gasteiger partial charge >= 0.3 is 11.9 Å². The van der Waals surface area contributed by atoms with Gasteiger partial charge in [0.2, 0.25) is 11.8 Å². The standard InChI is InChI=1S/C54H59N5O9/c1-34(2)24-46(58-22-11-10-20-48(58)60)53(65)57-45(39-16-13-19-43(28-39)68-42-17-8-7-9-18-42)30-51(64)67-33-36(4)25-47(59-23-21-35(3)26-49(59)61)54(66)56-44(29-50(62)63)40-27-41(32-55-31-40)52-37(5)14-12-15-38(52)6/h7-23,26-28,31-32,34,36,44-47H,24-25,29-30,33H2,1-6H3,(H,56,66)(H,57,65)(H,62,63)/t36?,44-,45-,46?,47-/m0/s1. The van der Waals surface area contributed by atoms with Crippen LogP contribution in [-0.2, 0) is 23.9 Å². The molecule has 0 radical (unpaired) electrons. The van der Waals surface area contributed by atoms with E-state index in [1.807, 2.05) is 70.2 Å². The monoisotopic (exact) mass is 921 g/mol. The maximum atomic E-state index is 14.4. The molecule has 3 aromatic carbocycles. The maximum absolute atomic E-state index is 14.4. The van der Waals surface area contributed by atoms with Gasteiger partial charge in [0.1, 0.15) is 23.6 Å². The molecule has 68 heavy (non-hydrogen) atoms. The van der Waals surface area contributed by atoms with Gasteiger partial charge in [0.15, 0.2) is 0 Å². The summed E-state index contributed by atoms with van der Waals surface area (Å²) in [5.41, 5.74) is 4.68. The smallest absolute Gasteiger partial charge is 0.308 e. The molecule has 2 unspecified atom stereocenters. The van der Waals surface area contributed by atoms with Crippen LogP contribution in [0.25, 0.3) is 11.1 Å². The van der Waals surface area contributed by atoms with Gasteiger partial charge in [0.25, 0.3) is 11.1 Å². The number of hydrogen-bond donors (Lipinski definition) is 3. The first kappa shape index (κ1) is 49.8. The predicted octanol–water partition coefficient (Wildman–Crippen LogP) is 8.77. The van der Waals surface area contributed by atoms with Crippen molar-refractivity contribution in [3.8, 4) is 22.6 Å². The van der Waals surface area contributed by atoms with E-state index in [4.69, 9.17) is 9.47 Å². The Morgan fingerprint density at radius 2 is 1.28 bits per heavy atom. The Kier molecular flexibility index (Phi) is 17.0. The second kappa shape index (κ2) is 23.2. The molecule has 3 heterocycles. The van der Waals surface area contributed by atoms with Gasteiger partial charge in [-0.15, -0.1) is 0 Å². The number of carboxylic acid groups (broad SMARTS) is 1. The number of aryl methyl sites for hydroxylation is 3. The minimum atomic E-state index is -1.15. The third kappa shape index (κ3) is 13.5. The first-order valence-corrected chi connectivity index (χ1v) is 22.7. The summed E-state index contributed by atoms with van der Waals surface area (Å²) in [4.78, 5) is 85.5. The average Bonchev–Trinajstić information content (AvgIpc) is 3.29. The molecule has 0 bridgehead atoms. The number of benzene rings is 3. The zero-order valence-corrected chi connectivity index (χ0v) is 39.3. The average molecular weight is 922 g/mol. The number of nitrogens with zero attached hydrogens (tertiary/aromatic N) is 3. The van der Waals surface area contributed by atoms with Crippen LogP contribution in [0.15, 0.2) is 144 Å². The van der Waals surface area contributed by atoms with E-state index in [2.05, 4.69) is 15.6 Å². The van der Waals surface area contributed by atoms with Gasteiger partial charge in [-0.25, -0.2) is 0 Å². The number of carbonyl (C=O) groups excluding carboxylic acids is 3. The molecule has 0 saturated heterocycles. The molecule has 2 amide bonds. The van der Waals surface area contributed by atoms with Crippen LogP contribution in [0.5, 0.6) is 11.5 Å². The van der Waals surface area contributed by atoms with Crippen LogP contribution in [0, 0.1) is 32.6 Å². The van der Waals surface area contributed by atoms with Crippen LogP contribution in [0.3, 0.4) is 0 Å². The number of carbonyl (C=O) groups is 4. The fraction of sp³-hybridized carbons (Fsp3) is 0.315. The summed E-state index contributed by atoms with van der Waals surface area (Å²) in [6, 6.07) is 27.8. The Balaban J connectivity index is 1.22. The van der Waals surface area contributed by atoms with Gasteiger partial charge in [-0.2, -0.15) is 0 Å². The molecule has 3 aromatic heterocycles. The second-order valence-electron chi connectivity index (χ2n) is 17.8. The predicted molar refractivity (Wildman–Crippen MR) is 259 cm³/mol. The summed E-state index contributed by atoms with van der Waals surface area (Å²) in [6.07, 6.45) is 5.95. The van der Waals surface area contributed by atoms with Gasteiger partial charge in [-0.3, -0.25) is 33.8 Å². The number of esters is 1. The van der Waals surface area contributed by atoms with Crippen LogP contribution < -0.4 is 26.5 Å².